The number of allylic oxidation sites excluding steroid dienone is 8. The fourth-order valence-corrected chi connectivity index (χ4v) is 8.58. The zero-order valence-electron chi connectivity index (χ0n) is 32.5. The molecule has 2 aliphatic carbocycles. The third-order valence-corrected chi connectivity index (χ3v) is 11.7. The summed E-state index contributed by atoms with van der Waals surface area (Å²) in [4.78, 5) is 0. The third-order valence-electron chi connectivity index (χ3n) is 11.7. The minimum absolute atomic E-state index is 0.129. The molecule has 294 valence electrons. The molecule has 0 aliphatic heterocycles. The van der Waals surface area contributed by atoms with Gasteiger partial charge in [-0.3, -0.25) is 0 Å². The Kier molecular flexibility index (Phi) is 10.0. The monoisotopic (exact) mass is 786 g/mol. The molecule has 60 heavy (non-hydrogen) atoms. The molecular weight excluding hydrogens is 745 g/mol. The van der Waals surface area contributed by atoms with Crippen molar-refractivity contribution in [3.05, 3.63) is 228 Å². The van der Waals surface area contributed by atoms with Gasteiger partial charge in [-0.05, 0) is 128 Å². The number of rotatable bonds is 10. The Morgan fingerprint density at radius 1 is 0.317 bits per heavy atom. The summed E-state index contributed by atoms with van der Waals surface area (Å²) in [5.41, 5.74) is 11.1. The van der Waals surface area contributed by atoms with Gasteiger partial charge in [0, 0.05) is 34.8 Å². The van der Waals surface area contributed by atoms with Crippen molar-refractivity contribution in [2.24, 2.45) is 11.8 Å². The number of aromatic hydroxyl groups is 6. The topological polar surface area (TPSA) is 121 Å². The zero-order valence-corrected chi connectivity index (χ0v) is 32.5. The van der Waals surface area contributed by atoms with Crippen LogP contribution in [0.15, 0.2) is 194 Å². The van der Waals surface area contributed by atoms with Gasteiger partial charge in [-0.15, -0.1) is 0 Å². The lowest BCUT2D eigenvalue weighted by Crippen LogP contribution is -2.13. The van der Waals surface area contributed by atoms with Crippen LogP contribution >= 0.6 is 0 Å². The second-order valence-corrected chi connectivity index (χ2v) is 15.5. The molecule has 4 unspecified atom stereocenters. The summed E-state index contributed by atoms with van der Waals surface area (Å²) in [5, 5.41) is 63.0. The van der Waals surface area contributed by atoms with Gasteiger partial charge in [-0.1, -0.05) is 121 Å². The lowest BCUT2D eigenvalue weighted by atomic mass is 9.77. The second kappa shape index (κ2) is 15.9. The predicted octanol–water partition coefficient (Wildman–Crippen LogP) is 12.1. The van der Waals surface area contributed by atoms with Crippen LogP contribution < -0.4 is 0 Å². The highest BCUT2D eigenvalue weighted by molar-refractivity contribution is 5.79. The summed E-state index contributed by atoms with van der Waals surface area (Å²) in [7, 11) is 0. The molecule has 0 radical (unpaired) electrons. The van der Waals surface area contributed by atoms with E-state index in [9.17, 15) is 30.6 Å². The first-order valence-electron chi connectivity index (χ1n) is 19.9. The van der Waals surface area contributed by atoms with E-state index >= 15 is 0 Å². The summed E-state index contributed by atoms with van der Waals surface area (Å²) >= 11 is 0. The maximum absolute atomic E-state index is 11.6. The van der Waals surface area contributed by atoms with Crippen molar-refractivity contribution in [3.8, 4) is 56.8 Å². The Balaban J connectivity index is 1.15. The first-order valence-corrected chi connectivity index (χ1v) is 19.9. The highest BCUT2D eigenvalue weighted by Crippen LogP contribution is 2.47. The van der Waals surface area contributed by atoms with Crippen molar-refractivity contribution in [1.82, 2.24) is 0 Å². The largest absolute Gasteiger partial charge is 0.508 e. The van der Waals surface area contributed by atoms with E-state index < -0.39 is 0 Å². The molecule has 0 heterocycles. The van der Waals surface area contributed by atoms with E-state index in [2.05, 4.69) is 60.7 Å². The van der Waals surface area contributed by atoms with Gasteiger partial charge in [0.2, 0.25) is 0 Å². The van der Waals surface area contributed by atoms with Crippen LogP contribution in [0.3, 0.4) is 0 Å². The van der Waals surface area contributed by atoms with Crippen molar-refractivity contribution in [3.63, 3.8) is 0 Å². The van der Waals surface area contributed by atoms with Gasteiger partial charge in [0.25, 0.3) is 0 Å². The van der Waals surface area contributed by atoms with Gasteiger partial charge in [0.05, 0.1) is 0 Å². The van der Waals surface area contributed by atoms with Gasteiger partial charge >= 0.3 is 0 Å². The summed E-state index contributed by atoms with van der Waals surface area (Å²) in [6, 6.07) is 48.1. The Bertz CT molecular complexity index is 2600. The highest BCUT2D eigenvalue weighted by Gasteiger charge is 2.31. The molecule has 0 amide bonds. The molecule has 4 atom stereocenters. The smallest absolute Gasteiger partial charge is 0.119 e. The molecular formula is C54H42O6. The van der Waals surface area contributed by atoms with E-state index in [-0.39, 0.29) is 58.2 Å². The van der Waals surface area contributed by atoms with Crippen LogP contribution in [0.5, 0.6) is 34.5 Å². The maximum atomic E-state index is 11.6. The number of hydrogen-bond donors (Lipinski definition) is 6. The van der Waals surface area contributed by atoms with E-state index in [1.54, 1.807) is 60.7 Å². The standard InChI is InChI=1S/C54H42O6/c55-45-19-9-33(10-20-45)39-5-7-43(29-39)53(49-31-41(17-27-51(49)59)35-13-23-47(57)24-14-35)37-1-2-38(4-3-37)54(44-8-6-40(30-44)34-11-21-46(56)22-12-34)50-32-42(18-28-52(50)60)36-15-25-48(58)26-16-36/h1-32,43-44,53-60H. The zero-order chi connectivity index (χ0) is 41.3. The minimum atomic E-state index is -0.293. The lowest BCUT2D eigenvalue weighted by molar-refractivity contribution is 0.460. The van der Waals surface area contributed by atoms with E-state index in [0.717, 1.165) is 66.8 Å². The Hall–Kier alpha value is -7.70. The fourth-order valence-electron chi connectivity index (χ4n) is 8.58. The third kappa shape index (κ3) is 7.66. The molecule has 0 saturated carbocycles. The summed E-state index contributed by atoms with van der Waals surface area (Å²) in [6.45, 7) is 0. The number of phenols is 6. The van der Waals surface area contributed by atoms with Gasteiger partial charge < -0.3 is 30.6 Å². The summed E-state index contributed by atoms with van der Waals surface area (Å²) < 4.78 is 0. The van der Waals surface area contributed by atoms with Gasteiger partial charge in [-0.25, -0.2) is 0 Å². The van der Waals surface area contributed by atoms with Crippen molar-refractivity contribution >= 4 is 11.1 Å². The quantitative estimate of drug-likeness (QED) is 0.0821. The average Bonchev–Trinajstić information content (AvgIpc) is 3.96. The van der Waals surface area contributed by atoms with Crippen LogP contribution in [0.2, 0.25) is 0 Å². The van der Waals surface area contributed by atoms with E-state index in [0.29, 0.717) is 0 Å². The van der Waals surface area contributed by atoms with Gasteiger partial charge in [0.15, 0.2) is 0 Å². The Morgan fingerprint density at radius 2 is 0.617 bits per heavy atom. The number of hydrogen-bond acceptors (Lipinski definition) is 6. The average molecular weight is 787 g/mol. The van der Waals surface area contributed by atoms with Crippen LogP contribution in [0.4, 0.5) is 0 Å². The normalized spacial score (nSPS) is 16.7. The van der Waals surface area contributed by atoms with Gasteiger partial charge in [0.1, 0.15) is 34.5 Å². The molecule has 7 aromatic carbocycles. The van der Waals surface area contributed by atoms with Crippen molar-refractivity contribution in [2.75, 3.05) is 0 Å². The predicted molar refractivity (Wildman–Crippen MR) is 238 cm³/mol. The van der Waals surface area contributed by atoms with Crippen molar-refractivity contribution < 1.29 is 30.6 Å². The number of phenolic OH excluding ortho intramolecular Hbond substituents is 6. The van der Waals surface area contributed by atoms with Crippen LogP contribution in [0, 0.1) is 11.8 Å². The van der Waals surface area contributed by atoms with E-state index in [1.807, 2.05) is 72.8 Å². The second-order valence-electron chi connectivity index (χ2n) is 15.5. The molecule has 0 saturated heterocycles. The van der Waals surface area contributed by atoms with E-state index in [4.69, 9.17) is 0 Å². The molecule has 7 aromatic rings. The highest BCUT2D eigenvalue weighted by atomic mass is 16.3. The molecule has 0 aromatic heterocycles. The molecule has 0 bridgehead atoms. The minimum Gasteiger partial charge on any atom is -0.508 e. The molecule has 0 fully saturated rings. The first-order chi connectivity index (χ1) is 29.2. The first kappa shape index (κ1) is 37.9. The fraction of sp³-hybridized carbons (Fsp3) is 0.0741. The Morgan fingerprint density at radius 3 is 0.950 bits per heavy atom. The van der Waals surface area contributed by atoms with Crippen LogP contribution in [0.1, 0.15) is 45.2 Å². The molecule has 9 rings (SSSR count). The molecule has 6 N–H and O–H groups in total. The maximum Gasteiger partial charge on any atom is 0.119 e. The van der Waals surface area contributed by atoms with Crippen LogP contribution in [-0.2, 0) is 0 Å². The molecule has 6 nitrogen and oxygen atoms in total. The van der Waals surface area contributed by atoms with Crippen LogP contribution in [0.25, 0.3) is 33.4 Å². The van der Waals surface area contributed by atoms with Crippen molar-refractivity contribution in [1.29, 1.82) is 0 Å². The number of benzene rings is 7. The van der Waals surface area contributed by atoms with Crippen molar-refractivity contribution in [2.45, 2.75) is 11.8 Å². The SMILES string of the molecule is Oc1ccc(C2=CC(C(c3ccc(C(c4cc(-c5ccc(O)cc5)ccc4O)C4C=CC(c5ccc(O)cc5)=C4)cc3)c3cc(-c4ccc(O)cc4)ccc3O)C=C2)cc1. The lowest BCUT2D eigenvalue weighted by Gasteiger charge is -2.27. The van der Waals surface area contributed by atoms with Crippen LogP contribution in [-0.4, -0.2) is 30.6 Å². The summed E-state index contributed by atoms with van der Waals surface area (Å²) in [6.07, 6.45) is 12.9. The summed E-state index contributed by atoms with van der Waals surface area (Å²) in [5.74, 6) is 0.253. The Labute approximate surface area is 348 Å². The van der Waals surface area contributed by atoms with Gasteiger partial charge in [-0.2, -0.15) is 0 Å². The molecule has 2 aliphatic rings. The molecule has 0 spiro atoms. The van der Waals surface area contributed by atoms with E-state index in [1.165, 1.54) is 0 Å². The molecule has 6 heteroatoms.